The van der Waals surface area contributed by atoms with E-state index in [1.165, 1.54) is 0 Å². The average molecular weight is 450 g/mol. The molecule has 0 spiro atoms. The van der Waals surface area contributed by atoms with Crippen LogP contribution in [0.4, 0.5) is 8.78 Å². The molecule has 0 unspecified atom stereocenters. The molecule has 1 aromatic carbocycles. The lowest BCUT2D eigenvalue weighted by Gasteiger charge is -2.11. The number of alkyl halides is 2. The summed E-state index contributed by atoms with van der Waals surface area (Å²) in [5, 5.41) is 4.69. The molecular formula is C25H24F2N4O2. The largest absolute Gasteiger partial charge is 0.489 e. The van der Waals surface area contributed by atoms with Crippen LogP contribution in [0.1, 0.15) is 12.1 Å². The van der Waals surface area contributed by atoms with Crippen molar-refractivity contribution < 1.29 is 18.3 Å². The fourth-order valence-electron chi connectivity index (χ4n) is 3.39. The quantitative estimate of drug-likeness (QED) is 0.311. The number of hydrogen-bond acceptors (Lipinski definition) is 5. The molecule has 0 aliphatic rings. The number of hydrogen-bond donors (Lipinski definition) is 0. The predicted octanol–water partition coefficient (Wildman–Crippen LogP) is 5.29. The Kier molecular flexibility index (Phi) is 7.58. The van der Waals surface area contributed by atoms with Crippen LogP contribution >= 0.6 is 0 Å². The first-order valence-electron chi connectivity index (χ1n) is 10.7. The number of halogens is 2. The van der Waals surface area contributed by atoms with Crippen LogP contribution in [0, 0.1) is 0 Å². The zero-order chi connectivity index (χ0) is 22.9. The SMILES string of the molecule is FCCCn1cc(-c2ccncc2)c(-c2ccc(OCc3ncccc3OCCF)cc2)n1. The van der Waals surface area contributed by atoms with Gasteiger partial charge < -0.3 is 9.47 Å². The van der Waals surface area contributed by atoms with Crippen molar-refractivity contribution in [2.45, 2.75) is 19.6 Å². The van der Waals surface area contributed by atoms with Crippen LogP contribution in [-0.2, 0) is 13.2 Å². The first-order chi connectivity index (χ1) is 16.3. The molecule has 8 heteroatoms. The molecule has 3 aromatic heterocycles. The molecule has 0 N–H and O–H groups in total. The van der Waals surface area contributed by atoms with Crippen LogP contribution in [0.25, 0.3) is 22.4 Å². The number of nitrogens with zero attached hydrogens (tertiary/aromatic N) is 4. The monoisotopic (exact) mass is 450 g/mol. The van der Waals surface area contributed by atoms with E-state index in [-0.39, 0.29) is 19.9 Å². The van der Waals surface area contributed by atoms with Crippen molar-refractivity contribution in [1.82, 2.24) is 19.7 Å². The van der Waals surface area contributed by atoms with Crippen molar-refractivity contribution in [3.8, 4) is 33.9 Å². The molecule has 0 amide bonds. The van der Waals surface area contributed by atoms with Gasteiger partial charge in [0, 0.05) is 42.5 Å². The summed E-state index contributed by atoms with van der Waals surface area (Å²) < 4.78 is 38.1. The molecular weight excluding hydrogens is 426 g/mol. The maximum absolute atomic E-state index is 12.7. The number of aryl methyl sites for hydroxylation is 1. The van der Waals surface area contributed by atoms with Gasteiger partial charge in [-0.2, -0.15) is 5.10 Å². The van der Waals surface area contributed by atoms with Gasteiger partial charge in [0.1, 0.15) is 42.8 Å². The summed E-state index contributed by atoms with van der Waals surface area (Å²) in [6, 6.07) is 14.9. The zero-order valence-corrected chi connectivity index (χ0v) is 18.0. The molecule has 4 rings (SSSR count). The van der Waals surface area contributed by atoms with Crippen molar-refractivity contribution >= 4 is 0 Å². The summed E-state index contributed by atoms with van der Waals surface area (Å²) in [6.07, 6.45) is 7.46. The second-order valence-electron chi connectivity index (χ2n) is 7.23. The van der Waals surface area contributed by atoms with Gasteiger partial charge in [0.15, 0.2) is 0 Å². The van der Waals surface area contributed by atoms with Gasteiger partial charge >= 0.3 is 0 Å². The third-order valence-electron chi connectivity index (χ3n) is 4.96. The Hall–Kier alpha value is -3.81. The summed E-state index contributed by atoms with van der Waals surface area (Å²) in [5.41, 5.74) is 4.26. The summed E-state index contributed by atoms with van der Waals surface area (Å²) >= 11 is 0. The van der Waals surface area contributed by atoms with Gasteiger partial charge in [-0.1, -0.05) is 0 Å². The molecule has 33 heavy (non-hydrogen) atoms. The van der Waals surface area contributed by atoms with Crippen molar-refractivity contribution in [1.29, 1.82) is 0 Å². The molecule has 6 nitrogen and oxygen atoms in total. The third-order valence-corrected chi connectivity index (χ3v) is 4.96. The molecule has 0 fully saturated rings. The molecule has 3 heterocycles. The van der Waals surface area contributed by atoms with E-state index in [4.69, 9.17) is 9.47 Å². The number of rotatable bonds is 11. The average Bonchev–Trinajstić information content (AvgIpc) is 3.30. The summed E-state index contributed by atoms with van der Waals surface area (Å²) in [6.45, 7) is -0.274. The molecule has 0 saturated heterocycles. The van der Waals surface area contributed by atoms with Crippen LogP contribution in [0.15, 0.2) is 73.3 Å². The van der Waals surface area contributed by atoms with Gasteiger partial charge in [0.25, 0.3) is 0 Å². The first-order valence-corrected chi connectivity index (χ1v) is 10.7. The molecule has 0 radical (unpaired) electrons. The molecule has 0 saturated carbocycles. The van der Waals surface area contributed by atoms with Crippen LogP contribution in [-0.4, -0.2) is 39.7 Å². The Morgan fingerprint density at radius 1 is 0.848 bits per heavy atom. The Bertz CT molecular complexity index is 1150. The summed E-state index contributed by atoms with van der Waals surface area (Å²) in [7, 11) is 0. The highest BCUT2D eigenvalue weighted by Crippen LogP contribution is 2.32. The fourth-order valence-corrected chi connectivity index (χ4v) is 3.39. The van der Waals surface area contributed by atoms with Crippen molar-refractivity contribution in [3.05, 3.63) is 79.0 Å². The van der Waals surface area contributed by atoms with E-state index in [1.807, 2.05) is 42.6 Å². The number of benzene rings is 1. The number of ether oxygens (including phenoxy) is 2. The lowest BCUT2D eigenvalue weighted by Crippen LogP contribution is -2.05. The third kappa shape index (κ3) is 5.71. The first kappa shape index (κ1) is 22.4. The van der Waals surface area contributed by atoms with Crippen molar-refractivity contribution in [2.75, 3.05) is 20.0 Å². The minimum Gasteiger partial charge on any atom is -0.489 e. The van der Waals surface area contributed by atoms with E-state index in [9.17, 15) is 8.78 Å². The molecule has 0 bridgehead atoms. The van der Waals surface area contributed by atoms with E-state index in [0.29, 0.717) is 30.2 Å². The highest BCUT2D eigenvalue weighted by molar-refractivity contribution is 5.80. The summed E-state index contributed by atoms with van der Waals surface area (Å²) in [4.78, 5) is 8.35. The maximum atomic E-state index is 12.7. The maximum Gasteiger partial charge on any atom is 0.144 e. The Labute approximate surface area is 190 Å². The van der Waals surface area contributed by atoms with E-state index in [2.05, 4.69) is 15.1 Å². The van der Waals surface area contributed by atoms with Crippen molar-refractivity contribution in [2.24, 2.45) is 0 Å². The molecule has 170 valence electrons. The van der Waals surface area contributed by atoms with Gasteiger partial charge in [-0.25, -0.2) is 4.39 Å². The van der Waals surface area contributed by atoms with E-state index in [0.717, 1.165) is 22.4 Å². The van der Waals surface area contributed by atoms with Gasteiger partial charge in [0.2, 0.25) is 0 Å². The van der Waals surface area contributed by atoms with Crippen molar-refractivity contribution in [3.63, 3.8) is 0 Å². The minimum absolute atomic E-state index is 0.0226. The fraction of sp³-hybridized carbons (Fsp3) is 0.240. The molecule has 0 aliphatic heterocycles. The lowest BCUT2D eigenvalue weighted by molar-refractivity contribution is 0.253. The predicted molar refractivity (Wildman–Crippen MR) is 122 cm³/mol. The topological polar surface area (TPSA) is 62.1 Å². The Morgan fingerprint density at radius 2 is 1.67 bits per heavy atom. The highest BCUT2D eigenvalue weighted by Gasteiger charge is 2.14. The minimum atomic E-state index is -0.568. The van der Waals surface area contributed by atoms with Gasteiger partial charge in [-0.15, -0.1) is 0 Å². The second kappa shape index (κ2) is 11.2. The Balaban J connectivity index is 1.52. The lowest BCUT2D eigenvalue weighted by atomic mass is 10.0. The molecule has 0 atom stereocenters. The van der Waals surface area contributed by atoms with E-state index >= 15 is 0 Å². The van der Waals surface area contributed by atoms with Crippen LogP contribution in [0.2, 0.25) is 0 Å². The number of pyridine rings is 2. The zero-order valence-electron chi connectivity index (χ0n) is 18.0. The molecule has 0 aliphatic carbocycles. The van der Waals surface area contributed by atoms with Crippen LogP contribution in [0.5, 0.6) is 11.5 Å². The van der Waals surface area contributed by atoms with Gasteiger partial charge in [-0.05, 0) is 60.5 Å². The Morgan fingerprint density at radius 3 is 2.42 bits per heavy atom. The van der Waals surface area contributed by atoms with Gasteiger partial charge in [0.05, 0.1) is 6.67 Å². The van der Waals surface area contributed by atoms with Crippen LogP contribution in [0.3, 0.4) is 0 Å². The van der Waals surface area contributed by atoms with E-state index < -0.39 is 6.67 Å². The molecule has 4 aromatic rings. The number of aromatic nitrogens is 4. The smallest absolute Gasteiger partial charge is 0.144 e. The normalized spacial score (nSPS) is 10.8. The van der Waals surface area contributed by atoms with Crippen LogP contribution < -0.4 is 9.47 Å². The highest BCUT2D eigenvalue weighted by atomic mass is 19.1. The second-order valence-corrected chi connectivity index (χ2v) is 7.23. The summed E-state index contributed by atoms with van der Waals surface area (Å²) in [5.74, 6) is 1.16. The van der Waals surface area contributed by atoms with E-state index in [1.54, 1.807) is 35.4 Å². The van der Waals surface area contributed by atoms with Gasteiger partial charge in [-0.3, -0.25) is 19.0 Å². The standard InChI is InChI=1S/C25H24F2N4O2/c26-10-2-15-31-17-22(19-8-13-28-14-9-19)25(30-31)20-4-6-21(7-5-20)33-18-23-24(32-16-11-27)3-1-12-29-23/h1,3-9,12-14,17H,2,10-11,15-16,18H2.